The third-order valence-electron chi connectivity index (χ3n) is 12.9. The Kier molecular flexibility index (Phi) is 13.3. The number of hydrogen-bond acceptors (Lipinski definition) is 6. The van der Waals surface area contributed by atoms with E-state index in [9.17, 15) is 15.3 Å². The van der Waals surface area contributed by atoms with Crippen molar-refractivity contribution >= 4 is 0 Å². The minimum atomic E-state index is -0.469. The Morgan fingerprint density at radius 1 is 0.500 bits per heavy atom. The highest BCUT2D eigenvalue weighted by Gasteiger charge is 2.35. The molecule has 0 amide bonds. The SMILES string of the molecule is COCc1cc(CCC(C)(c2cc(COC)c(O)c(C3CCCCC3)c2)c2cc(COC)c(O)c(C3CCCCC3)c2)cc(C2CCCCC2)c1O. The Labute approximate surface area is 312 Å². The van der Waals surface area contributed by atoms with E-state index in [1.54, 1.807) is 21.3 Å². The summed E-state index contributed by atoms with van der Waals surface area (Å²) in [5, 5.41) is 34.9. The number of ether oxygens (including phenoxy) is 3. The summed E-state index contributed by atoms with van der Waals surface area (Å²) in [4.78, 5) is 0. The molecule has 0 spiro atoms. The molecule has 0 aromatic heterocycles. The highest BCUT2D eigenvalue weighted by molar-refractivity contribution is 5.55. The van der Waals surface area contributed by atoms with Crippen molar-refractivity contribution in [2.45, 2.75) is 159 Å². The van der Waals surface area contributed by atoms with Crippen molar-refractivity contribution in [2.24, 2.45) is 0 Å². The maximum atomic E-state index is 11.7. The molecule has 0 radical (unpaired) electrons. The summed E-state index contributed by atoms with van der Waals surface area (Å²) in [6.45, 7) is 3.42. The summed E-state index contributed by atoms with van der Waals surface area (Å²) < 4.78 is 17.0. The lowest BCUT2D eigenvalue weighted by Crippen LogP contribution is -2.26. The van der Waals surface area contributed by atoms with E-state index < -0.39 is 5.41 Å². The third-order valence-corrected chi connectivity index (χ3v) is 12.9. The first-order valence-electron chi connectivity index (χ1n) is 20.3. The predicted octanol–water partition coefficient (Wildman–Crippen LogP) is 11.3. The zero-order valence-electron chi connectivity index (χ0n) is 32.4. The number of methoxy groups -OCH3 is 3. The largest absolute Gasteiger partial charge is 0.507 e. The zero-order chi connectivity index (χ0) is 36.7. The molecule has 6 rings (SSSR count). The van der Waals surface area contributed by atoms with E-state index in [1.807, 2.05) is 0 Å². The van der Waals surface area contributed by atoms with Crippen molar-refractivity contribution in [3.8, 4) is 17.2 Å². The second-order valence-corrected chi connectivity index (χ2v) is 16.5. The van der Waals surface area contributed by atoms with Crippen molar-refractivity contribution in [1.29, 1.82) is 0 Å². The number of rotatable bonds is 14. The number of phenols is 3. The molecule has 3 aromatic rings. The summed E-state index contributed by atoms with van der Waals surface area (Å²) in [5.74, 6) is 2.18. The van der Waals surface area contributed by atoms with E-state index in [2.05, 4.69) is 43.3 Å². The molecule has 0 bridgehead atoms. The van der Waals surface area contributed by atoms with Crippen LogP contribution in [0.5, 0.6) is 17.2 Å². The Bertz CT molecular complexity index is 1550. The molecule has 3 aliphatic rings. The van der Waals surface area contributed by atoms with Gasteiger partial charge in [-0.25, -0.2) is 0 Å². The quantitative estimate of drug-likeness (QED) is 0.154. The van der Waals surface area contributed by atoms with Crippen LogP contribution in [0.15, 0.2) is 36.4 Å². The van der Waals surface area contributed by atoms with Gasteiger partial charge in [0.15, 0.2) is 0 Å². The number of aromatic hydroxyl groups is 3. The average Bonchev–Trinajstić information content (AvgIpc) is 3.17. The lowest BCUT2D eigenvalue weighted by atomic mass is 9.69. The Morgan fingerprint density at radius 3 is 1.21 bits per heavy atom. The van der Waals surface area contributed by atoms with Gasteiger partial charge in [0.05, 0.1) is 19.8 Å². The van der Waals surface area contributed by atoms with Crippen molar-refractivity contribution in [1.82, 2.24) is 0 Å². The van der Waals surface area contributed by atoms with Gasteiger partial charge in [0.25, 0.3) is 0 Å². The van der Waals surface area contributed by atoms with E-state index >= 15 is 0 Å². The Balaban J connectivity index is 1.50. The monoisotopic (exact) mass is 712 g/mol. The van der Waals surface area contributed by atoms with E-state index in [1.165, 1.54) is 74.5 Å². The predicted molar refractivity (Wildman–Crippen MR) is 209 cm³/mol. The van der Waals surface area contributed by atoms with Gasteiger partial charge in [-0.2, -0.15) is 0 Å². The number of aryl methyl sites for hydroxylation is 1. The van der Waals surface area contributed by atoms with Gasteiger partial charge in [0.1, 0.15) is 17.2 Å². The van der Waals surface area contributed by atoms with Gasteiger partial charge in [-0.3, -0.25) is 0 Å². The van der Waals surface area contributed by atoms with Crippen LogP contribution in [-0.4, -0.2) is 36.6 Å². The van der Waals surface area contributed by atoms with Crippen molar-refractivity contribution in [2.75, 3.05) is 21.3 Å². The van der Waals surface area contributed by atoms with Crippen LogP contribution in [0.1, 0.15) is 177 Å². The molecule has 3 aliphatic carbocycles. The molecular formula is C46H64O6. The zero-order valence-corrected chi connectivity index (χ0v) is 32.4. The standard InChI is InChI=1S/C46H64O6/c1-46(38-24-36(29-51-3)44(48)41(26-38)33-16-10-6-11-17-33,39-25-37(30-52-4)45(49)42(27-39)34-18-12-7-13-19-34)21-20-31-22-35(28-50-2)43(47)40(23-31)32-14-8-5-9-15-32/h22-27,32-34,47-49H,5-21,28-30H2,1-4H3. The van der Waals surface area contributed by atoms with Crippen LogP contribution in [0.3, 0.4) is 0 Å². The molecule has 6 heteroatoms. The summed E-state index contributed by atoms with van der Waals surface area (Å²) in [7, 11) is 5.10. The molecule has 3 N–H and O–H groups in total. The van der Waals surface area contributed by atoms with E-state index in [0.29, 0.717) is 54.8 Å². The Hall–Kier alpha value is -3.06. The van der Waals surface area contributed by atoms with Gasteiger partial charge in [0, 0.05) is 43.4 Å². The first-order chi connectivity index (χ1) is 25.3. The van der Waals surface area contributed by atoms with Gasteiger partial charge in [-0.15, -0.1) is 0 Å². The lowest BCUT2D eigenvalue weighted by Gasteiger charge is -2.35. The van der Waals surface area contributed by atoms with Crippen LogP contribution >= 0.6 is 0 Å². The van der Waals surface area contributed by atoms with Crippen LogP contribution in [-0.2, 0) is 45.9 Å². The smallest absolute Gasteiger partial charge is 0.124 e. The maximum absolute atomic E-state index is 11.7. The van der Waals surface area contributed by atoms with Crippen LogP contribution < -0.4 is 0 Å². The molecule has 3 saturated carbocycles. The number of hydrogen-bond donors (Lipinski definition) is 3. The van der Waals surface area contributed by atoms with E-state index in [0.717, 1.165) is 84.7 Å². The lowest BCUT2D eigenvalue weighted by molar-refractivity contribution is 0.181. The minimum absolute atomic E-state index is 0.321. The summed E-state index contributed by atoms with van der Waals surface area (Å²) in [6.07, 6.45) is 19.1. The third kappa shape index (κ3) is 8.50. The molecule has 3 fully saturated rings. The normalized spacial score (nSPS) is 18.2. The second-order valence-electron chi connectivity index (χ2n) is 16.5. The second kappa shape index (κ2) is 17.8. The number of phenolic OH excluding ortho intramolecular Hbond substituents is 3. The topological polar surface area (TPSA) is 88.4 Å². The first-order valence-corrected chi connectivity index (χ1v) is 20.3. The summed E-state index contributed by atoms with van der Waals surface area (Å²) in [5.41, 5.74) is 8.78. The van der Waals surface area contributed by atoms with Crippen LogP contribution in [0, 0.1) is 0 Å². The average molecular weight is 713 g/mol. The molecule has 0 unspecified atom stereocenters. The fraction of sp³-hybridized carbons (Fsp3) is 0.609. The molecule has 0 aliphatic heterocycles. The van der Waals surface area contributed by atoms with Crippen molar-refractivity contribution < 1.29 is 29.5 Å². The van der Waals surface area contributed by atoms with Crippen LogP contribution in [0.25, 0.3) is 0 Å². The van der Waals surface area contributed by atoms with E-state index in [4.69, 9.17) is 14.2 Å². The molecule has 0 heterocycles. The molecule has 0 saturated heterocycles. The molecule has 284 valence electrons. The minimum Gasteiger partial charge on any atom is -0.507 e. The summed E-state index contributed by atoms with van der Waals surface area (Å²) in [6, 6.07) is 13.4. The highest BCUT2D eigenvalue weighted by Crippen LogP contribution is 2.48. The highest BCUT2D eigenvalue weighted by atomic mass is 16.5. The fourth-order valence-electron chi connectivity index (χ4n) is 9.83. The van der Waals surface area contributed by atoms with Gasteiger partial charge in [-0.1, -0.05) is 82.9 Å². The molecular weight excluding hydrogens is 649 g/mol. The molecule has 0 atom stereocenters. The number of benzene rings is 3. The van der Waals surface area contributed by atoms with Crippen LogP contribution in [0.4, 0.5) is 0 Å². The molecule has 6 nitrogen and oxygen atoms in total. The summed E-state index contributed by atoms with van der Waals surface area (Å²) >= 11 is 0. The van der Waals surface area contributed by atoms with Crippen molar-refractivity contribution in [3.05, 3.63) is 86.5 Å². The maximum Gasteiger partial charge on any atom is 0.124 e. The van der Waals surface area contributed by atoms with Crippen LogP contribution in [0.2, 0.25) is 0 Å². The molecule has 52 heavy (non-hydrogen) atoms. The fourth-order valence-corrected chi connectivity index (χ4v) is 9.83. The Morgan fingerprint density at radius 2 is 0.846 bits per heavy atom. The van der Waals surface area contributed by atoms with Gasteiger partial charge in [-0.05, 0) is 121 Å². The first kappa shape index (κ1) is 38.7. The van der Waals surface area contributed by atoms with Gasteiger partial charge >= 0.3 is 0 Å². The van der Waals surface area contributed by atoms with Gasteiger partial charge in [0.2, 0.25) is 0 Å². The molecule has 3 aromatic carbocycles. The van der Waals surface area contributed by atoms with E-state index in [-0.39, 0.29) is 0 Å². The van der Waals surface area contributed by atoms with Crippen molar-refractivity contribution in [3.63, 3.8) is 0 Å². The van der Waals surface area contributed by atoms with Gasteiger partial charge < -0.3 is 29.5 Å².